The zero-order valence-corrected chi connectivity index (χ0v) is 17.2. The average molecular weight is 389 g/mol. The summed E-state index contributed by atoms with van der Waals surface area (Å²) in [6, 6.07) is 16.6. The molecule has 2 amide bonds. The second kappa shape index (κ2) is 9.04. The Bertz CT molecular complexity index is 849. The number of urea groups is 1. The summed E-state index contributed by atoms with van der Waals surface area (Å²) in [5.74, 6) is 0. The van der Waals surface area contributed by atoms with Crippen LogP contribution in [-0.4, -0.2) is 38.7 Å². The van der Waals surface area contributed by atoms with Crippen LogP contribution in [0.5, 0.6) is 0 Å². The van der Waals surface area contributed by atoms with Gasteiger partial charge in [-0.2, -0.15) is 0 Å². The topological polar surface area (TPSA) is 66.5 Å². The highest BCUT2D eigenvalue weighted by atomic mass is 32.2. The summed E-state index contributed by atoms with van der Waals surface area (Å²) in [4.78, 5) is 14.4. The van der Waals surface area contributed by atoms with Crippen LogP contribution in [0.4, 0.5) is 4.79 Å². The van der Waals surface area contributed by atoms with E-state index in [0.29, 0.717) is 0 Å². The normalized spacial score (nSPS) is 13.6. The van der Waals surface area contributed by atoms with Crippen LogP contribution in [-0.2, 0) is 16.3 Å². The van der Waals surface area contributed by atoms with Gasteiger partial charge >= 0.3 is 6.03 Å². The maximum absolute atomic E-state index is 12.5. The van der Waals surface area contributed by atoms with E-state index in [1.54, 1.807) is 36.2 Å². The van der Waals surface area contributed by atoms with Gasteiger partial charge in [-0.3, -0.25) is 0 Å². The highest BCUT2D eigenvalue weighted by Gasteiger charge is 2.19. The molecule has 0 bridgehead atoms. The molecule has 0 radical (unpaired) electrons. The van der Waals surface area contributed by atoms with Crippen LogP contribution in [0.2, 0.25) is 0 Å². The van der Waals surface area contributed by atoms with Gasteiger partial charge in [0.2, 0.25) is 0 Å². The highest BCUT2D eigenvalue weighted by Crippen LogP contribution is 2.21. The molecule has 146 valence electrons. The van der Waals surface area contributed by atoms with Gasteiger partial charge in [0, 0.05) is 19.3 Å². The zero-order valence-electron chi connectivity index (χ0n) is 16.3. The molecule has 0 saturated heterocycles. The molecular weight excluding hydrogens is 360 g/mol. The molecule has 0 saturated carbocycles. The van der Waals surface area contributed by atoms with Crippen LogP contribution in [0.15, 0.2) is 59.5 Å². The minimum absolute atomic E-state index is 0.0555. The Morgan fingerprint density at radius 2 is 1.63 bits per heavy atom. The third kappa shape index (κ3) is 6.10. The summed E-state index contributed by atoms with van der Waals surface area (Å²) in [5, 5.41) is 3.03. The van der Waals surface area contributed by atoms with Crippen LogP contribution in [0.25, 0.3) is 0 Å². The number of rotatable bonds is 7. The summed E-state index contributed by atoms with van der Waals surface area (Å²) in [6.07, 6.45) is 2.96. The fourth-order valence-corrected chi connectivity index (χ4v) is 3.44. The van der Waals surface area contributed by atoms with E-state index in [2.05, 4.69) is 17.4 Å². The molecule has 5 nitrogen and oxygen atoms in total. The number of carbonyl (C=O) groups excluding carboxylic acids is 1. The number of hydrogen-bond acceptors (Lipinski definition) is 3. The second-order valence-corrected chi connectivity index (χ2v) is 9.02. The Morgan fingerprint density at radius 1 is 1.04 bits per heavy atom. The fraction of sp³-hybridized carbons (Fsp3) is 0.381. The van der Waals surface area contributed by atoms with Crippen molar-refractivity contribution in [3.8, 4) is 0 Å². The standard InChI is InChI=1S/C21H28N2O3S/c1-16(10-11-18-8-6-5-7-9-18)22-21(24)23(3)17(2)19-12-14-20(15-13-19)27(4,25)26/h5-9,12-17H,10-11H2,1-4H3,(H,22,24)/t16-,17+/m1/s1. The van der Waals surface area contributed by atoms with E-state index in [-0.39, 0.29) is 23.0 Å². The lowest BCUT2D eigenvalue weighted by molar-refractivity contribution is 0.190. The molecule has 6 heteroatoms. The van der Waals surface area contributed by atoms with Crippen molar-refractivity contribution in [3.05, 3.63) is 65.7 Å². The molecule has 0 aliphatic carbocycles. The smallest absolute Gasteiger partial charge is 0.317 e. The van der Waals surface area contributed by atoms with Crippen molar-refractivity contribution < 1.29 is 13.2 Å². The average Bonchev–Trinajstić information content (AvgIpc) is 2.65. The quantitative estimate of drug-likeness (QED) is 0.784. The molecule has 0 spiro atoms. The minimum atomic E-state index is -3.22. The van der Waals surface area contributed by atoms with Crippen LogP contribution >= 0.6 is 0 Å². The molecule has 2 aromatic carbocycles. The highest BCUT2D eigenvalue weighted by molar-refractivity contribution is 7.90. The van der Waals surface area contributed by atoms with Crippen LogP contribution < -0.4 is 5.32 Å². The lowest BCUT2D eigenvalue weighted by Crippen LogP contribution is -2.43. The first kappa shape index (κ1) is 21.0. The van der Waals surface area contributed by atoms with Gasteiger partial charge in [-0.25, -0.2) is 13.2 Å². The van der Waals surface area contributed by atoms with Gasteiger partial charge in [-0.15, -0.1) is 0 Å². The van der Waals surface area contributed by atoms with Crippen molar-refractivity contribution in [2.75, 3.05) is 13.3 Å². The molecule has 2 rings (SSSR count). The lowest BCUT2D eigenvalue weighted by Gasteiger charge is -2.27. The van der Waals surface area contributed by atoms with E-state index in [1.165, 1.54) is 11.8 Å². The van der Waals surface area contributed by atoms with Gasteiger partial charge in [0.05, 0.1) is 10.9 Å². The second-order valence-electron chi connectivity index (χ2n) is 7.00. The number of sulfone groups is 1. The van der Waals surface area contributed by atoms with E-state index < -0.39 is 9.84 Å². The van der Waals surface area contributed by atoms with Crippen molar-refractivity contribution in [1.82, 2.24) is 10.2 Å². The van der Waals surface area contributed by atoms with Crippen molar-refractivity contribution in [3.63, 3.8) is 0 Å². The van der Waals surface area contributed by atoms with Gasteiger partial charge in [0.25, 0.3) is 0 Å². The first-order valence-corrected chi connectivity index (χ1v) is 10.9. The third-order valence-electron chi connectivity index (χ3n) is 4.77. The Balaban J connectivity index is 1.91. The number of amides is 2. The van der Waals surface area contributed by atoms with Gasteiger partial charge in [-0.1, -0.05) is 42.5 Å². The third-order valence-corrected chi connectivity index (χ3v) is 5.90. The van der Waals surface area contributed by atoms with Gasteiger partial charge in [0.15, 0.2) is 9.84 Å². The van der Waals surface area contributed by atoms with E-state index >= 15 is 0 Å². The number of aryl methyl sites for hydroxylation is 1. The maximum Gasteiger partial charge on any atom is 0.317 e. The molecule has 2 aromatic rings. The van der Waals surface area contributed by atoms with Gasteiger partial charge < -0.3 is 10.2 Å². The molecular formula is C21H28N2O3S. The van der Waals surface area contributed by atoms with Crippen molar-refractivity contribution in [1.29, 1.82) is 0 Å². The number of carbonyl (C=O) groups is 1. The van der Waals surface area contributed by atoms with Crippen LogP contribution in [0.1, 0.15) is 37.4 Å². The Hall–Kier alpha value is -2.34. The Morgan fingerprint density at radius 3 is 2.19 bits per heavy atom. The summed E-state index contributed by atoms with van der Waals surface area (Å²) in [5.41, 5.74) is 2.14. The SMILES string of the molecule is C[C@H](CCc1ccccc1)NC(=O)N(C)[C@@H](C)c1ccc(S(C)(=O)=O)cc1. The molecule has 0 aliphatic heterocycles. The van der Waals surface area contributed by atoms with E-state index in [4.69, 9.17) is 0 Å². The first-order chi connectivity index (χ1) is 12.7. The number of benzene rings is 2. The lowest BCUT2D eigenvalue weighted by atomic mass is 10.1. The number of nitrogens with zero attached hydrogens (tertiary/aromatic N) is 1. The fourth-order valence-electron chi connectivity index (χ4n) is 2.81. The molecule has 27 heavy (non-hydrogen) atoms. The Labute approximate surface area is 162 Å². The zero-order chi connectivity index (χ0) is 20.0. The molecule has 0 unspecified atom stereocenters. The molecule has 0 fully saturated rings. The molecule has 2 atom stereocenters. The molecule has 0 aliphatic rings. The van der Waals surface area contributed by atoms with E-state index in [0.717, 1.165) is 18.4 Å². The summed E-state index contributed by atoms with van der Waals surface area (Å²) >= 11 is 0. The van der Waals surface area contributed by atoms with Gasteiger partial charge in [-0.05, 0) is 49.9 Å². The maximum atomic E-state index is 12.5. The number of hydrogen-bond donors (Lipinski definition) is 1. The van der Waals surface area contributed by atoms with Crippen molar-refractivity contribution in [2.45, 2.75) is 43.7 Å². The van der Waals surface area contributed by atoms with E-state index in [1.807, 2.05) is 32.0 Å². The van der Waals surface area contributed by atoms with Crippen molar-refractivity contribution in [2.24, 2.45) is 0 Å². The predicted molar refractivity (Wildman–Crippen MR) is 108 cm³/mol. The van der Waals surface area contributed by atoms with E-state index in [9.17, 15) is 13.2 Å². The van der Waals surface area contributed by atoms with Crippen LogP contribution in [0.3, 0.4) is 0 Å². The van der Waals surface area contributed by atoms with Crippen molar-refractivity contribution >= 4 is 15.9 Å². The molecule has 0 heterocycles. The summed E-state index contributed by atoms with van der Waals surface area (Å²) in [7, 11) is -1.48. The molecule has 0 aromatic heterocycles. The first-order valence-electron chi connectivity index (χ1n) is 9.05. The monoisotopic (exact) mass is 388 g/mol. The van der Waals surface area contributed by atoms with Gasteiger partial charge in [0.1, 0.15) is 0 Å². The largest absolute Gasteiger partial charge is 0.336 e. The summed E-state index contributed by atoms with van der Waals surface area (Å²) in [6.45, 7) is 3.92. The predicted octanol–water partition coefficient (Wildman–Crippen LogP) is 3.81. The minimum Gasteiger partial charge on any atom is -0.336 e. The Kier molecular flexibility index (Phi) is 7.02. The van der Waals surface area contributed by atoms with Crippen LogP contribution in [0, 0.1) is 0 Å². The molecule has 1 N–H and O–H groups in total. The number of nitrogens with one attached hydrogen (secondary N) is 1. The summed E-state index contributed by atoms with van der Waals surface area (Å²) < 4.78 is 23.1.